The van der Waals surface area contributed by atoms with E-state index in [0.717, 1.165) is 11.3 Å². The number of non-ortho nitro benzene ring substituents is 1. The Kier molecular flexibility index (Phi) is 5.26. The first-order valence-electron chi connectivity index (χ1n) is 6.99. The maximum absolute atomic E-state index is 12.1. The Morgan fingerprint density at radius 2 is 2.00 bits per heavy atom. The van der Waals surface area contributed by atoms with Crippen LogP contribution in [0.3, 0.4) is 0 Å². The molecule has 0 atom stereocenters. The van der Waals surface area contributed by atoms with Gasteiger partial charge in [0.05, 0.1) is 4.92 Å². The Labute approximate surface area is 138 Å². The van der Waals surface area contributed by atoms with Crippen LogP contribution in [0.4, 0.5) is 17.1 Å². The number of rotatable bonds is 5. The molecule has 120 valence electrons. The van der Waals surface area contributed by atoms with Crippen LogP contribution in [0, 0.1) is 28.4 Å². The Morgan fingerprint density at radius 1 is 1.25 bits per heavy atom. The summed E-state index contributed by atoms with van der Waals surface area (Å²) in [5, 5.41) is 25.2. The van der Waals surface area contributed by atoms with E-state index in [1.807, 2.05) is 31.2 Å². The van der Waals surface area contributed by atoms with E-state index in [1.165, 1.54) is 30.5 Å². The molecule has 0 fully saturated rings. The molecule has 2 aromatic rings. The summed E-state index contributed by atoms with van der Waals surface area (Å²) in [6.07, 6.45) is 1.30. The number of carbonyl (C=O) groups is 1. The van der Waals surface area contributed by atoms with Gasteiger partial charge in [0.25, 0.3) is 11.6 Å². The number of nitrogens with one attached hydrogen (secondary N) is 2. The molecular weight excluding hydrogens is 308 g/mol. The average molecular weight is 322 g/mol. The van der Waals surface area contributed by atoms with Gasteiger partial charge in [-0.1, -0.05) is 24.3 Å². The number of hydrogen-bond donors (Lipinski definition) is 2. The zero-order valence-electron chi connectivity index (χ0n) is 12.8. The fraction of sp³-hybridized carbons (Fsp3) is 0.0588. The van der Waals surface area contributed by atoms with Crippen LogP contribution in [0.25, 0.3) is 0 Å². The maximum atomic E-state index is 12.1. The summed E-state index contributed by atoms with van der Waals surface area (Å²) in [6.45, 7) is 1.89. The van der Waals surface area contributed by atoms with Gasteiger partial charge >= 0.3 is 0 Å². The third-order valence-corrected chi connectivity index (χ3v) is 3.20. The number of benzene rings is 2. The van der Waals surface area contributed by atoms with Gasteiger partial charge in [-0.2, -0.15) is 5.26 Å². The second kappa shape index (κ2) is 7.56. The second-order valence-corrected chi connectivity index (χ2v) is 4.89. The Morgan fingerprint density at radius 3 is 2.67 bits per heavy atom. The van der Waals surface area contributed by atoms with Crippen LogP contribution >= 0.6 is 0 Å². The van der Waals surface area contributed by atoms with Gasteiger partial charge in [-0.25, -0.2) is 0 Å². The normalized spacial score (nSPS) is 10.6. The standard InChI is InChI=1S/C17H14N4O3/c1-12-5-2-3-8-16(12)19-11-13(10-18)17(22)20-14-6-4-7-15(9-14)21(23)24/h2-9,11,19H,1H3,(H,20,22)/b13-11-. The van der Waals surface area contributed by atoms with Crippen molar-refractivity contribution in [1.82, 2.24) is 0 Å². The minimum absolute atomic E-state index is 0.145. The summed E-state index contributed by atoms with van der Waals surface area (Å²) in [7, 11) is 0. The molecule has 0 radical (unpaired) electrons. The molecule has 0 aliphatic rings. The molecule has 2 rings (SSSR count). The lowest BCUT2D eigenvalue weighted by Crippen LogP contribution is -2.14. The monoisotopic (exact) mass is 322 g/mol. The predicted molar refractivity (Wildman–Crippen MR) is 90.2 cm³/mol. The molecule has 0 aliphatic carbocycles. The van der Waals surface area contributed by atoms with E-state index in [-0.39, 0.29) is 16.9 Å². The van der Waals surface area contributed by atoms with Gasteiger partial charge < -0.3 is 10.6 Å². The Bertz CT molecular complexity index is 853. The summed E-state index contributed by atoms with van der Waals surface area (Å²) in [5.74, 6) is -0.654. The van der Waals surface area contributed by atoms with Gasteiger partial charge in [0.2, 0.25) is 0 Å². The van der Waals surface area contributed by atoms with Crippen molar-refractivity contribution in [2.45, 2.75) is 6.92 Å². The molecule has 2 N–H and O–H groups in total. The number of nitro benzene ring substituents is 1. The number of anilines is 2. The molecule has 0 bridgehead atoms. The lowest BCUT2D eigenvalue weighted by Gasteiger charge is -2.07. The molecule has 7 nitrogen and oxygen atoms in total. The van der Waals surface area contributed by atoms with Crippen molar-refractivity contribution in [2.75, 3.05) is 10.6 Å². The summed E-state index contributed by atoms with van der Waals surface area (Å²) in [5.41, 5.74) is 1.68. The number of aryl methyl sites for hydroxylation is 1. The van der Waals surface area contributed by atoms with E-state index in [1.54, 1.807) is 6.07 Å². The first-order chi connectivity index (χ1) is 11.5. The van der Waals surface area contributed by atoms with E-state index < -0.39 is 10.8 Å². The molecule has 1 amide bonds. The highest BCUT2D eigenvalue weighted by molar-refractivity contribution is 6.06. The summed E-state index contributed by atoms with van der Waals surface area (Å²) in [6, 6.07) is 14.7. The fourth-order valence-electron chi connectivity index (χ4n) is 1.93. The lowest BCUT2D eigenvalue weighted by molar-refractivity contribution is -0.384. The molecule has 24 heavy (non-hydrogen) atoms. The van der Waals surface area contributed by atoms with Crippen molar-refractivity contribution in [2.24, 2.45) is 0 Å². The number of nitriles is 1. The van der Waals surface area contributed by atoms with Crippen molar-refractivity contribution >= 4 is 23.0 Å². The van der Waals surface area contributed by atoms with Crippen molar-refractivity contribution < 1.29 is 9.72 Å². The van der Waals surface area contributed by atoms with Gasteiger partial charge in [-0.15, -0.1) is 0 Å². The highest BCUT2D eigenvalue weighted by Crippen LogP contribution is 2.18. The first kappa shape index (κ1) is 16.7. The number of amides is 1. The van der Waals surface area contributed by atoms with Crippen molar-refractivity contribution in [1.29, 1.82) is 5.26 Å². The number of para-hydroxylation sites is 1. The third kappa shape index (κ3) is 4.18. The van der Waals surface area contributed by atoms with Crippen LogP contribution in [0.5, 0.6) is 0 Å². The number of nitrogens with zero attached hydrogens (tertiary/aromatic N) is 2. The first-order valence-corrected chi connectivity index (χ1v) is 6.99. The molecule has 0 saturated carbocycles. The fourth-order valence-corrected chi connectivity index (χ4v) is 1.93. The summed E-state index contributed by atoms with van der Waals surface area (Å²) < 4.78 is 0. The van der Waals surface area contributed by atoms with E-state index in [4.69, 9.17) is 5.26 Å². The smallest absolute Gasteiger partial charge is 0.271 e. The Balaban J connectivity index is 2.13. The van der Waals surface area contributed by atoms with Crippen molar-refractivity contribution in [3.05, 3.63) is 76.0 Å². The van der Waals surface area contributed by atoms with E-state index in [0.29, 0.717) is 0 Å². The predicted octanol–water partition coefficient (Wildman–Crippen LogP) is 3.36. The second-order valence-electron chi connectivity index (χ2n) is 4.89. The highest BCUT2D eigenvalue weighted by atomic mass is 16.6. The summed E-state index contributed by atoms with van der Waals surface area (Å²) in [4.78, 5) is 22.3. The van der Waals surface area contributed by atoms with Crippen LogP contribution in [0.15, 0.2) is 60.3 Å². The number of hydrogen-bond acceptors (Lipinski definition) is 5. The molecule has 0 saturated heterocycles. The molecule has 0 aromatic heterocycles. The van der Waals surface area contributed by atoms with Gasteiger partial charge in [-0.05, 0) is 24.6 Å². The SMILES string of the molecule is Cc1ccccc1N/C=C(/C#N)C(=O)Nc1cccc([N+](=O)[O-])c1. The van der Waals surface area contributed by atoms with Gasteiger partial charge in [0.15, 0.2) is 0 Å². The molecule has 0 unspecified atom stereocenters. The lowest BCUT2D eigenvalue weighted by atomic mass is 10.2. The molecule has 0 aliphatic heterocycles. The zero-order valence-corrected chi connectivity index (χ0v) is 12.8. The largest absolute Gasteiger partial charge is 0.360 e. The highest BCUT2D eigenvalue weighted by Gasteiger charge is 2.12. The molecule has 0 heterocycles. The third-order valence-electron chi connectivity index (χ3n) is 3.20. The Hall–Kier alpha value is -3.66. The minimum Gasteiger partial charge on any atom is -0.360 e. The van der Waals surface area contributed by atoms with Crippen LogP contribution in [0.1, 0.15) is 5.56 Å². The van der Waals surface area contributed by atoms with Crippen molar-refractivity contribution in [3.8, 4) is 6.07 Å². The molecule has 7 heteroatoms. The van der Waals surface area contributed by atoms with E-state index in [2.05, 4.69) is 10.6 Å². The quantitative estimate of drug-likeness (QED) is 0.380. The minimum atomic E-state index is -0.654. The van der Waals surface area contributed by atoms with Crippen LogP contribution in [-0.4, -0.2) is 10.8 Å². The maximum Gasteiger partial charge on any atom is 0.271 e. The zero-order chi connectivity index (χ0) is 17.5. The molecular formula is C17H14N4O3. The van der Waals surface area contributed by atoms with Crippen LogP contribution in [-0.2, 0) is 4.79 Å². The van der Waals surface area contributed by atoms with Crippen LogP contribution < -0.4 is 10.6 Å². The van der Waals surface area contributed by atoms with Gasteiger partial charge in [0.1, 0.15) is 11.6 Å². The van der Waals surface area contributed by atoms with Gasteiger partial charge in [-0.3, -0.25) is 14.9 Å². The van der Waals surface area contributed by atoms with Crippen LogP contribution in [0.2, 0.25) is 0 Å². The summed E-state index contributed by atoms with van der Waals surface area (Å²) >= 11 is 0. The molecule has 2 aromatic carbocycles. The van der Waals surface area contributed by atoms with E-state index in [9.17, 15) is 14.9 Å². The number of carbonyl (C=O) groups excluding carboxylic acids is 1. The van der Waals surface area contributed by atoms with Crippen molar-refractivity contribution in [3.63, 3.8) is 0 Å². The average Bonchev–Trinajstić information content (AvgIpc) is 2.57. The molecule has 0 spiro atoms. The topological polar surface area (TPSA) is 108 Å². The van der Waals surface area contributed by atoms with Gasteiger partial charge in [0, 0.05) is 29.7 Å². The number of nitro groups is 1. The van der Waals surface area contributed by atoms with E-state index >= 15 is 0 Å².